The molecule has 4 N–H and O–H groups in total. The highest BCUT2D eigenvalue weighted by molar-refractivity contribution is 6.26. The van der Waals surface area contributed by atoms with E-state index in [1.165, 1.54) is 67.7 Å². The number of allylic oxidation sites excluding steroid dienone is 2. The van der Waals surface area contributed by atoms with E-state index in [-0.39, 0.29) is 62.2 Å². The molecule has 0 saturated carbocycles. The summed E-state index contributed by atoms with van der Waals surface area (Å²) in [7, 11) is 5.73. The van der Waals surface area contributed by atoms with Gasteiger partial charge in [0.15, 0.2) is 17.3 Å². The van der Waals surface area contributed by atoms with Crippen molar-refractivity contribution in [3.8, 4) is 11.5 Å². The van der Waals surface area contributed by atoms with Crippen LogP contribution in [0.1, 0.15) is 57.0 Å². The predicted molar refractivity (Wildman–Crippen MR) is 165 cm³/mol. The zero-order valence-electron chi connectivity index (χ0n) is 25.4. The van der Waals surface area contributed by atoms with Crippen molar-refractivity contribution < 1.29 is 24.6 Å². The van der Waals surface area contributed by atoms with Crippen LogP contribution in [0.25, 0.3) is 11.0 Å². The van der Waals surface area contributed by atoms with Crippen LogP contribution < -0.4 is 28.2 Å². The molecule has 15 heteroatoms. The Morgan fingerprint density at radius 3 is 1.96 bits per heavy atom. The second-order valence-corrected chi connectivity index (χ2v) is 9.91. The van der Waals surface area contributed by atoms with Crippen molar-refractivity contribution in [1.82, 2.24) is 23.3 Å². The van der Waals surface area contributed by atoms with Crippen molar-refractivity contribution in [3.05, 3.63) is 100 Å². The Labute approximate surface area is 254 Å². The fourth-order valence-electron chi connectivity index (χ4n) is 4.41. The van der Waals surface area contributed by atoms with Gasteiger partial charge in [0.05, 0.1) is 27.8 Å². The number of nitrogen functional groups attached to an aromatic ring is 1. The lowest BCUT2D eigenvalue weighted by Gasteiger charge is -2.17. The van der Waals surface area contributed by atoms with Gasteiger partial charge in [-0.05, 0) is 36.8 Å². The molecule has 0 radical (unpaired) electrons. The first-order valence-corrected chi connectivity index (χ1v) is 13.5. The van der Waals surface area contributed by atoms with Crippen molar-refractivity contribution in [2.75, 3.05) is 5.73 Å². The number of phenolic OH excluding ortho intramolecular Hbond substituents is 2. The highest BCUT2D eigenvalue weighted by atomic mass is 16.3. The van der Waals surface area contributed by atoms with Gasteiger partial charge in [-0.15, -0.1) is 0 Å². The quantitative estimate of drug-likeness (QED) is 0.211. The lowest BCUT2D eigenvalue weighted by molar-refractivity contribution is 0.0984. The minimum Gasteiger partial charge on any atom is -0.508 e. The molecule has 1 aromatic carbocycles. The molecule has 0 spiro atoms. The Kier molecular flexibility index (Phi) is 9.86. The van der Waals surface area contributed by atoms with Gasteiger partial charge in [0, 0.05) is 40.7 Å². The molecule has 5 rings (SSSR count). The number of carbonyl (C=O) groups is 3. The van der Waals surface area contributed by atoms with Crippen molar-refractivity contribution in [2.24, 2.45) is 28.2 Å². The number of nitrogens with two attached hydrogens (primary N) is 1. The van der Waals surface area contributed by atoms with E-state index in [9.17, 15) is 38.7 Å². The Morgan fingerprint density at radius 2 is 1.38 bits per heavy atom. The van der Waals surface area contributed by atoms with Crippen molar-refractivity contribution in [3.63, 3.8) is 0 Å². The molecule has 3 aromatic heterocycles. The molecule has 236 valence electrons. The monoisotopic (exact) mass is 620 g/mol. The molecule has 0 aliphatic heterocycles. The summed E-state index contributed by atoms with van der Waals surface area (Å²) in [6, 6.07) is 5.11. The highest BCUT2D eigenvalue weighted by Crippen LogP contribution is 2.26. The normalized spacial score (nSPS) is 11.8. The molecule has 15 nitrogen and oxygen atoms in total. The fourth-order valence-corrected chi connectivity index (χ4v) is 4.41. The van der Waals surface area contributed by atoms with Crippen LogP contribution in [-0.4, -0.2) is 50.8 Å². The number of phenols is 2. The summed E-state index contributed by atoms with van der Waals surface area (Å²) in [5, 5.41) is 18.2. The lowest BCUT2D eigenvalue weighted by atomic mass is 9.90. The summed E-state index contributed by atoms with van der Waals surface area (Å²) in [6.07, 6.45) is 3.06. The maximum Gasteiger partial charge on any atom is 0.332 e. The van der Waals surface area contributed by atoms with Crippen LogP contribution in [0.3, 0.4) is 0 Å². The number of pyridine rings is 1. The summed E-state index contributed by atoms with van der Waals surface area (Å²) in [6.45, 7) is 3.50. The van der Waals surface area contributed by atoms with Crippen LogP contribution in [0.4, 0.5) is 5.82 Å². The summed E-state index contributed by atoms with van der Waals surface area (Å²) < 4.78 is 4.33. The van der Waals surface area contributed by atoms with Crippen LogP contribution in [0.15, 0.2) is 55.6 Å². The molecule has 0 unspecified atom stereocenters. The van der Waals surface area contributed by atoms with Gasteiger partial charge in [-0.1, -0.05) is 13.8 Å². The number of aromatic nitrogens is 5. The van der Waals surface area contributed by atoms with E-state index >= 15 is 0 Å². The molecule has 3 heterocycles. The summed E-state index contributed by atoms with van der Waals surface area (Å²) in [4.78, 5) is 86.3. The second kappa shape index (κ2) is 13.2. The second-order valence-electron chi connectivity index (χ2n) is 9.91. The molecule has 0 fully saturated rings. The molecule has 45 heavy (non-hydrogen) atoms. The Balaban J connectivity index is 0.000000203. The number of benzene rings is 1. The largest absolute Gasteiger partial charge is 0.508 e. The maximum absolute atomic E-state index is 12.4. The van der Waals surface area contributed by atoms with Gasteiger partial charge in [0.2, 0.25) is 0 Å². The number of carbonyl (C=O) groups excluding carboxylic acids is 3. The van der Waals surface area contributed by atoms with Gasteiger partial charge in [-0.25, -0.2) is 14.6 Å². The van der Waals surface area contributed by atoms with Gasteiger partial charge in [-0.3, -0.25) is 42.2 Å². The van der Waals surface area contributed by atoms with E-state index in [1.54, 1.807) is 13.8 Å². The first-order chi connectivity index (χ1) is 21.1. The zero-order chi connectivity index (χ0) is 33.9. The Morgan fingerprint density at radius 1 is 0.800 bits per heavy atom. The Hall–Kier alpha value is -5.86. The summed E-state index contributed by atoms with van der Waals surface area (Å²) in [5.74, 6) is -0.866. The SMILES string of the molecule is CCC(=O)c1cc(O)ccc1O.CCc1nc2c(c3c1C(=O)C=CC3=O)c(=O)n(C)c(=O)n2C.Cn1c(N)cc(=O)n(C)c1=O. The smallest absolute Gasteiger partial charge is 0.332 e. The Bertz CT molecular complexity index is 2150. The van der Waals surface area contributed by atoms with Crippen LogP contribution >= 0.6 is 0 Å². The van der Waals surface area contributed by atoms with Crippen LogP contribution in [-0.2, 0) is 34.6 Å². The fraction of sp³-hybridized carbons (Fsp3) is 0.267. The number of rotatable bonds is 3. The molecular weight excluding hydrogens is 588 g/mol. The number of anilines is 1. The molecule has 4 aromatic rings. The number of fused-ring (bicyclic) bond motifs is 3. The van der Waals surface area contributed by atoms with E-state index in [0.717, 1.165) is 15.2 Å². The average molecular weight is 621 g/mol. The number of aromatic hydroxyl groups is 2. The highest BCUT2D eigenvalue weighted by Gasteiger charge is 2.29. The van der Waals surface area contributed by atoms with Crippen LogP contribution in [0, 0.1) is 0 Å². The number of ketones is 3. The third-order valence-corrected chi connectivity index (χ3v) is 7.04. The first kappa shape index (κ1) is 33.6. The minimum atomic E-state index is -0.624. The molecule has 0 atom stereocenters. The summed E-state index contributed by atoms with van der Waals surface area (Å²) in [5.41, 5.74) is 4.32. The van der Waals surface area contributed by atoms with Gasteiger partial charge >= 0.3 is 11.4 Å². The third kappa shape index (κ3) is 6.41. The van der Waals surface area contributed by atoms with E-state index in [2.05, 4.69) is 4.98 Å². The van der Waals surface area contributed by atoms with Crippen molar-refractivity contribution >= 4 is 34.2 Å². The third-order valence-electron chi connectivity index (χ3n) is 7.04. The predicted octanol–water partition coefficient (Wildman–Crippen LogP) is 0.487. The lowest BCUT2D eigenvalue weighted by Crippen LogP contribution is -2.38. The molecular formula is C30H32N6O9. The molecule has 0 amide bonds. The maximum atomic E-state index is 12.4. The molecule has 0 saturated heterocycles. The van der Waals surface area contributed by atoms with Crippen molar-refractivity contribution in [2.45, 2.75) is 26.7 Å². The van der Waals surface area contributed by atoms with Crippen LogP contribution in [0.5, 0.6) is 11.5 Å². The van der Waals surface area contributed by atoms with E-state index in [4.69, 9.17) is 10.8 Å². The van der Waals surface area contributed by atoms with Gasteiger partial charge in [0.25, 0.3) is 11.1 Å². The van der Waals surface area contributed by atoms with Crippen LogP contribution in [0.2, 0.25) is 0 Å². The van der Waals surface area contributed by atoms with Gasteiger partial charge < -0.3 is 15.9 Å². The van der Waals surface area contributed by atoms with E-state index in [1.807, 2.05) is 0 Å². The minimum absolute atomic E-state index is 0.00963. The molecule has 1 aliphatic carbocycles. The van der Waals surface area contributed by atoms with Crippen molar-refractivity contribution in [1.29, 1.82) is 0 Å². The number of aryl methyl sites for hydroxylation is 2. The average Bonchev–Trinajstić information content (AvgIpc) is 3.03. The molecule has 0 bridgehead atoms. The molecule has 1 aliphatic rings. The number of nitrogens with zero attached hydrogens (tertiary/aromatic N) is 5. The first-order valence-electron chi connectivity index (χ1n) is 13.5. The number of hydrogen-bond acceptors (Lipinski definition) is 11. The van der Waals surface area contributed by atoms with E-state index < -0.39 is 22.7 Å². The summed E-state index contributed by atoms with van der Waals surface area (Å²) >= 11 is 0. The topological polar surface area (TPSA) is 219 Å². The standard InChI is InChI=1S/C15H13N3O4.C9H10O3.C6H9N3O2/c1-4-7-10-8(19)5-6-9(20)11(10)12-13(16-7)17(2)15(22)18(3)14(12)21;1-2-8(11)7-5-6(10)3-4-9(7)12;1-8-4(7)3-5(10)9(2)6(8)11/h5-6H,4H2,1-3H3;3-5,10,12H,2H2,1H3;3H,7H2,1-2H3. The van der Waals surface area contributed by atoms with Gasteiger partial charge in [0.1, 0.15) is 23.0 Å². The number of Topliss-reactive ketones (excluding diaryl/α,β-unsaturated/α-hetero) is 1. The zero-order valence-corrected chi connectivity index (χ0v) is 25.4. The van der Waals surface area contributed by atoms with Gasteiger partial charge in [-0.2, -0.15) is 0 Å². The van der Waals surface area contributed by atoms with E-state index in [0.29, 0.717) is 18.5 Å². The number of hydrogen-bond donors (Lipinski definition) is 3.